The highest BCUT2D eigenvalue weighted by Gasteiger charge is 2.30. The summed E-state index contributed by atoms with van der Waals surface area (Å²) in [7, 11) is 0. The van der Waals surface area contributed by atoms with Crippen molar-refractivity contribution in [3.63, 3.8) is 0 Å². The second kappa shape index (κ2) is 7.43. The first kappa shape index (κ1) is 16.4. The molecule has 1 aromatic rings. The van der Waals surface area contributed by atoms with E-state index in [4.69, 9.17) is 10.5 Å². The molecule has 3 N–H and O–H groups in total. The van der Waals surface area contributed by atoms with Gasteiger partial charge in [0, 0.05) is 45.1 Å². The van der Waals surface area contributed by atoms with Crippen LogP contribution in [0, 0.1) is 0 Å². The Morgan fingerprint density at radius 1 is 1.21 bits per heavy atom. The van der Waals surface area contributed by atoms with E-state index in [1.165, 1.54) is 0 Å². The van der Waals surface area contributed by atoms with Gasteiger partial charge in [-0.05, 0) is 18.9 Å². The summed E-state index contributed by atoms with van der Waals surface area (Å²) < 4.78 is 5.50. The fourth-order valence-corrected chi connectivity index (χ4v) is 2.94. The molecule has 2 atom stereocenters. The molecule has 2 fully saturated rings. The second-order valence-corrected chi connectivity index (χ2v) is 5.94. The van der Waals surface area contributed by atoms with Crippen LogP contribution in [0.15, 0.2) is 18.5 Å². The number of aromatic nitrogens is 2. The Morgan fingerprint density at radius 2 is 1.92 bits per heavy atom. The van der Waals surface area contributed by atoms with Crippen molar-refractivity contribution in [2.24, 2.45) is 5.73 Å². The van der Waals surface area contributed by atoms with Gasteiger partial charge in [-0.3, -0.25) is 4.79 Å². The molecule has 0 aliphatic carbocycles. The molecule has 24 heavy (non-hydrogen) atoms. The first-order chi connectivity index (χ1) is 11.6. The lowest BCUT2D eigenvalue weighted by atomic mass is 10.2. The zero-order valence-electron chi connectivity index (χ0n) is 13.4. The number of anilines is 1. The van der Waals surface area contributed by atoms with E-state index in [-0.39, 0.29) is 12.1 Å². The fourth-order valence-electron chi connectivity index (χ4n) is 2.94. The predicted octanol–water partition coefficient (Wildman–Crippen LogP) is -0.659. The van der Waals surface area contributed by atoms with Crippen LogP contribution in [0.2, 0.25) is 0 Å². The summed E-state index contributed by atoms with van der Waals surface area (Å²) in [5.41, 5.74) is 5.22. The molecule has 0 bridgehead atoms. The molecule has 3 amide bonds. The van der Waals surface area contributed by atoms with E-state index in [1.807, 2.05) is 0 Å². The number of ether oxygens (including phenoxy) is 1. The number of urea groups is 1. The first-order valence-electron chi connectivity index (χ1n) is 8.13. The van der Waals surface area contributed by atoms with Crippen LogP contribution in [0.5, 0.6) is 0 Å². The molecule has 2 aliphatic rings. The normalized spacial score (nSPS) is 24.0. The maximum Gasteiger partial charge on any atom is 0.317 e. The van der Waals surface area contributed by atoms with Crippen LogP contribution in [-0.4, -0.2) is 71.7 Å². The lowest BCUT2D eigenvalue weighted by molar-refractivity contribution is -0.128. The van der Waals surface area contributed by atoms with E-state index in [1.54, 1.807) is 23.4 Å². The summed E-state index contributed by atoms with van der Waals surface area (Å²) in [5.74, 6) is 0.248. The monoisotopic (exact) mass is 334 g/mol. The van der Waals surface area contributed by atoms with Crippen molar-refractivity contribution in [2.45, 2.75) is 25.0 Å². The Morgan fingerprint density at radius 3 is 2.54 bits per heavy atom. The molecule has 0 aromatic carbocycles. The maximum absolute atomic E-state index is 12.2. The van der Waals surface area contributed by atoms with Crippen molar-refractivity contribution in [2.75, 3.05) is 37.6 Å². The Balaban J connectivity index is 1.40. The lowest BCUT2D eigenvalue weighted by Gasteiger charge is -2.34. The number of primary amides is 1. The minimum absolute atomic E-state index is 0.116. The molecule has 0 saturated carbocycles. The molecule has 3 rings (SSSR count). The Hall–Kier alpha value is -2.42. The lowest BCUT2D eigenvalue weighted by Crippen LogP contribution is -2.53. The molecule has 0 radical (unpaired) electrons. The largest absolute Gasteiger partial charge is 0.367 e. The van der Waals surface area contributed by atoms with Crippen molar-refractivity contribution >= 4 is 17.9 Å². The molecular weight excluding hydrogens is 312 g/mol. The minimum atomic E-state index is -0.527. The smallest absolute Gasteiger partial charge is 0.317 e. The van der Waals surface area contributed by atoms with Gasteiger partial charge in [-0.1, -0.05) is 0 Å². The number of hydrogen-bond donors (Lipinski definition) is 2. The molecule has 1 aromatic heterocycles. The molecular formula is C15H22N6O3. The molecule has 2 aliphatic heterocycles. The number of carbonyl (C=O) groups is 2. The van der Waals surface area contributed by atoms with Gasteiger partial charge in [-0.15, -0.1) is 0 Å². The van der Waals surface area contributed by atoms with Crippen molar-refractivity contribution in [3.8, 4) is 0 Å². The van der Waals surface area contributed by atoms with Gasteiger partial charge in [0.1, 0.15) is 6.10 Å². The number of amides is 3. The highest BCUT2D eigenvalue weighted by atomic mass is 16.5. The summed E-state index contributed by atoms with van der Waals surface area (Å²) in [4.78, 5) is 35.6. The summed E-state index contributed by atoms with van der Waals surface area (Å²) >= 11 is 0. The molecule has 0 spiro atoms. The second-order valence-electron chi connectivity index (χ2n) is 5.94. The third kappa shape index (κ3) is 3.91. The van der Waals surface area contributed by atoms with Crippen LogP contribution < -0.4 is 16.0 Å². The zero-order valence-corrected chi connectivity index (χ0v) is 13.4. The van der Waals surface area contributed by atoms with E-state index in [0.29, 0.717) is 45.1 Å². The van der Waals surface area contributed by atoms with Gasteiger partial charge in [-0.25, -0.2) is 14.8 Å². The third-order valence-corrected chi connectivity index (χ3v) is 4.31. The van der Waals surface area contributed by atoms with Gasteiger partial charge < -0.3 is 25.6 Å². The SMILES string of the molecule is NC(=O)C1CCC(CNC(=O)N2CCN(c3ncccn3)CC2)O1. The van der Waals surface area contributed by atoms with E-state index < -0.39 is 12.0 Å². The van der Waals surface area contributed by atoms with Crippen molar-refractivity contribution in [1.29, 1.82) is 0 Å². The standard InChI is InChI=1S/C15H22N6O3/c16-13(22)12-3-2-11(24-12)10-19-15(23)21-8-6-20(7-9-21)14-17-4-1-5-18-14/h1,4-5,11-12H,2-3,6-10H2,(H2,16,22)(H,19,23). The number of nitrogens with two attached hydrogens (primary N) is 1. The quantitative estimate of drug-likeness (QED) is 0.756. The maximum atomic E-state index is 12.2. The van der Waals surface area contributed by atoms with Gasteiger partial charge in [0.25, 0.3) is 0 Å². The summed E-state index contributed by atoms with van der Waals surface area (Å²) in [6.45, 7) is 3.01. The molecule has 9 heteroatoms. The fraction of sp³-hybridized carbons (Fsp3) is 0.600. The Labute approximate surface area is 140 Å². The van der Waals surface area contributed by atoms with Crippen molar-refractivity contribution in [3.05, 3.63) is 18.5 Å². The molecule has 2 saturated heterocycles. The Kier molecular flexibility index (Phi) is 5.09. The number of piperazine rings is 1. The van der Waals surface area contributed by atoms with Gasteiger partial charge in [-0.2, -0.15) is 0 Å². The van der Waals surface area contributed by atoms with Crippen LogP contribution >= 0.6 is 0 Å². The highest BCUT2D eigenvalue weighted by molar-refractivity contribution is 5.79. The summed E-state index contributed by atoms with van der Waals surface area (Å²) in [5, 5.41) is 2.87. The molecule has 2 unspecified atom stereocenters. The zero-order chi connectivity index (χ0) is 16.9. The molecule has 9 nitrogen and oxygen atoms in total. The third-order valence-electron chi connectivity index (χ3n) is 4.31. The van der Waals surface area contributed by atoms with E-state index in [9.17, 15) is 9.59 Å². The van der Waals surface area contributed by atoms with Crippen molar-refractivity contribution < 1.29 is 14.3 Å². The minimum Gasteiger partial charge on any atom is -0.367 e. The van der Waals surface area contributed by atoms with Gasteiger partial charge in [0.15, 0.2) is 0 Å². The van der Waals surface area contributed by atoms with Gasteiger partial charge in [0.2, 0.25) is 11.9 Å². The first-order valence-corrected chi connectivity index (χ1v) is 8.13. The van der Waals surface area contributed by atoms with Crippen LogP contribution in [0.3, 0.4) is 0 Å². The highest BCUT2D eigenvalue weighted by Crippen LogP contribution is 2.18. The summed E-state index contributed by atoms with van der Waals surface area (Å²) in [6.07, 6.45) is 4.09. The number of carbonyl (C=O) groups excluding carboxylic acids is 2. The van der Waals surface area contributed by atoms with Crippen LogP contribution in [0.1, 0.15) is 12.8 Å². The van der Waals surface area contributed by atoms with E-state index >= 15 is 0 Å². The van der Waals surface area contributed by atoms with Gasteiger partial charge >= 0.3 is 6.03 Å². The average molecular weight is 334 g/mol. The number of nitrogens with zero attached hydrogens (tertiary/aromatic N) is 4. The van der Waals surface area contributed by atoms with Crippen LogP contribution in [-0.2, 0) is 9.53 Å². The number of rotatable bonds is 4. The molecule has 130 valence electrons. The van der Waals surface area contributed by atoms with E-state index in [0.717, 1.165) is 6.42 Å². The summed E-state index contributed by atoms with van der Waals surface area (Å²) in [6, 6.07) is 1.66. The number of hydrogen-bond acceptors (Lipinski definition) is 6. The number of nitrogens with one attached hydrogen (secondary N) is 1. The van der Waals surface area contributed by atoms with Crippen molar-refractivity contribution in [1.82, 2.24) is 20.2 Å². The van der Waals surface area contributed by atoms with Gasteiger partial charge in [0.05, 0.1) is 6.10 Å². The van der Waals surface area contributed by atoms with E-state index in [2.05, 4.69) is 20.2 Å². The van der Waals surface area contributed by atoms with Crippen LogP contribution in [0.25, 0.3) is 0 Å². The van der Waals surface area contributed by atoms with Crippen LogP contribution in [0.4, 0.5) is 10.7 Å². The molecule has 3 heterocycles. The predicted molar refractivity (Wildman–Crippen MR) is 86.3 cm³/mol. The Bertz CT molecular complexity index is 576. The topological polar surface area (TPSA) is 114 Å². The average Bonchev–Trinajstić information content (AvgIpc) is 3.10.